The molecule has 1 aliphatic heterocycles. The van der Waals surface area contributed by atoms with Crippen molar-refractivity contribution in [2.45, 2.75) is 45.3 Å². The van der Waals surface area contributed by atoms with Crippen LogP contribution in [-0.2, 0) is 9.53 Å². The van der Waals surface area contributed by atoms with E-state index in [4.69, 9.17) is 4.74 Å². The third-order valence-corrected chi connectivity index (χ3v) is 3.84. The van der Waals surface area contributed by atoms with Crippen molar-refractivity contribution in [2.24, 2.45) is 0 Å². The van der Waals surface area contributed by atoms with Gasteiger partial charge in [-0.15, -0.1) is 0 Å². The van der Waals surface area contributed by atoms with E-state index in [1.807, 2.05) is 0 Å². The summed E-state index contributed by atoms with van der Waals surface area (Å²) in [6, 6.07) is 1.31. The van der Waals surface area contributed by atoms with E-state index in [1.54, 1.807) is 20.8 Å². The number of carbonyl (C=O) groups excluding carboxylic acids is 2. The monoisotopic (exact) mass is 404 g/mol. The van der Waals surface area contributed by atoms with E-state index in [9.17, 15) is 18.4 Å². The molecule has 1 unspecified atom stereocenters. The number of carbonyl (C=O) groups is 2. The summed E-state index contributed by atoms with van der Waals surface area (Å²) >= 11 is 3.00. The molecule has 8 heteroatoms. The van der Waals surface area contributed by atoms with Gasteiger partial charge in [-0.3, -0.25) is 4.79 Å². The average molecular weight is 405 g/mol. The number of rotatable bonds is 2. The lowest BCUT2D eigenvalue weighted by Gasteiger charge is -2.33. The van der Waals surface area contributed by atoms with Crippen LogP contribution in [0.15, 0.2) is 16.6 Å². The summed E-state index contributed by atoms with van der Waals surface area (Å²) in [5.74, 6) is -2.24. The molecule has 132 valence electrons. The molecule has 2 amide bonds. The SMILES string of the molecule is CC(C)(C)OC(=O)NC1CCCN(c2c(F)cc(Br)cc2F)C1=O. The lowest BCUT2D eigenvalue weighted by Crippen LogP contribution is -2.53. The summed E-state index contributed by atoms with van der Waals surface area (Å²) in [5, 5.41) is 2.47. The van der Waals surface area contributed by atoms with E-state index in [-0.39, 0.29) is 11.0 Å². The van der Waals surface area contributed by atoms with Gasteiger partial charge in [0.15, 0.2) is 11.6 Å². The van der Waals surface area contributed by atoms with Gasteiger partial charge in [-0.05, 0) is 45.7 Å². The Kier molecular flexibility index (Phi) is 5.47. The molecule has 5 nitrogen and oxygen atoms in total. The molecule has 1 N–H and O–H groups in total. The average Bonchev–Trinajstić information content (AvgIpc) is 2.39. The van der Waals surface area contributed by atoms with Crippen molar-refractivity contribution in [3.05, 3.63) is 28.2 Å². The molecule has 1 aromatic rings. The lowest BCUT2D eigenvalue weighted by molar-refractivity contribution is -0.121. The number of amides is 2. The second-order valence-electron chi connectivity index (χ2n) is 6.55. The van der Waals surface area contributed by atoms with Gasteiger partial charge in [-0.2, -0.15) is 0 Å². The number of benzene rings is 1. The number of alkyl carbamates (subject to hydrolysis) is 1. The van der Waals surface area contributed by atoms with E-state index in [2.05, 4.69) is 21.2 Å². The third-order valence-electron chi connectivity index (χ3n) is 3.38. The fourth-order valence-electron chi connectivity index (χ4n) is 2.47. The van der Waals surface area contributed by atoms with Crippen LogP contribution in [-0.4, -0.2) is 30.2 Å². The molecule has 1 aliphatic rings. The van der Waals surface area contributed by atoms with Crippen molar-refractivity contribution in [1.29, 1.82) is 0 Å². The summed E-state index contributed by atoms with van der Waals surface area (Å²) in [6.45, 7) is 5.29. The number of hydrogen-bond donors (Lipinski definition) is 1. The largest absolute Gasteiger partial charge is 0.444 e. The van der Waals surface area contributed by atoms with Gasteiger partial charge in [0, 0.05) is 11.0 Å². The summed E-state index contributed by atoms with van der Waals surface area (Å²) in [4.78, 5) is 25.4. The number of halogens is 3. The summed E-state index contributed by atoms with van der Waals surface area (Å²) in [7, 11) is 0. The quantitative estimate of drug-likeness (QED) is 0.816. The van der Waals surface area contributed by atoms with E-state index in [1.165, 1.54) is 0 Å². The van der Waals surface area contributed by atoms with Gasteiger partial charge in [-0.1, -0.05) is 15.9 Å². The number of nitrogens with one attached hydrogen (secondary N) is 1. The highest BCUT2D eigenvalue weighted by Gasteiger charge is 2.34. The van der Waals surface area contributed by atoms with Gasteiger partial charge in [-0.25, -0.2) is 13.6 Å². The van der Waals surface area contributed by atoms with Crippen LogP contribution in [0.5, 0.6) is 0 Å². The molecular weight excluding hydrogens is 386 g/mol. The van der Waals surface area contributed by atoms with E-state index < -0.39 is 41.0 Å². The summed E-state index contributed by atoms with van der Waals surface area (Å²) in [5.41, 5.74) is -1.11. The Morgan fingerprint density at radius 3 is 2.46 bits per heavy atom. The molecule has 2 rings (SSSR count). The van der Waals surface area contributed by atoms with Crippen molar-refractivity contribution >= 4 is 33.6 Å². The predicted molar refractivity (Wildman–Crippen MR) is 88.8 cm³/mol. The first-order valence-electron chi connectivity index (χ1n) is 7.54. The maximum Gasteiger partial charge on any atom is 0.408 e. The number of nitrogens with zero attached hydrogens (tertiary/aromatic N) is 1. The van der Waals surface area contributed by atoms with E-state index in [0.717, 1.165) is 17.0 Å². The van der Waals surface area contributed by atoms with Crippen LogP contribution in [0.25, 0.3) is 0 Å². The first-order valence-corrected chi connectivity index (χ1v) is 8.33. The van der Waals surface area contributed by atoms with Crippen molar-refractivity contribution < 1.29 is 23.1 Å². The molecule has 0 spiro atoms. The topological polar surface area (TPSA) is 58.6 Å². The molecule has 0 aliphatic carbocycles. The molecule has 1 atom stereocenters. The normalized spacial score (nSPS) is 18.5. The van der Waals surface area contributed by atoms with Crippen LogP contribution >= 0.6 is 15.9 Å². The number of hydrogen-bond acceptors (Lipinski definition) is 3. The maximum absolute atomic E-state index is 14.1. The van der Waals surface area contributed by atoms with E-state index >= 15 is 0 Å². The second-order valence-corrected chi connectivity index (χ2v) is 7.46. The minimum absolute atomic E-state index is 0.181. The van der Waals surface area contributed by atoms with Gasteiger partial charge in [0.05, 0.1) is 0 Å². The van der Waals surface area contributed by atoms with Crippen molar-refractivity contribution in [1.82, 2.24) is 5.32 Å². The Balaban J connectivity index is 2.18. The van der Waals surface area contributed by atoms with Crippen molar-refractivity contribution in [3.63, 3.8) is 0 Å². The third kappa shape index (κ3) is 4.43. The van der Waals surface area contributed by atoms with Crippen LogP contribution in [0.3, 0.4) is 0 Å². The fourth-order valence-corrected chi connectivity index (χ4v) is 2.88. The Labute approximate surface area is 147 Å². The van der Waals surface area contributed by atoms with Gasteiger partial charge in [0.1, 0.15) is 17.3 Å². The lowest BCUT2D eigenvalue weighted by atomic mass is 10.0. The minimum atomic E-state index is -0.879. The maximum atomic E-state index is 14.1. The molecule has 0 aromatic heterocycles. The summed E-state index contributed by atoms with van der Waals surface area (Å²) < 4.78 is 33.6. The highest BCUT2D eigenvalue weighted by molar-refractivity contribution is 9.10. The van der Waals surface area contributed by atoms with E-state index in [0.29, 0.717) is 12.8 Å². The van der Waals surface area contributed by atoms with Crippen molar-refractivity contribution in [3.8, 4) is 0 Å². The molecule has 0 bridgehead atoms. The number of ether oxygens (including phenoxy) is 1. The van der Waals surface area contributed by atoms with Crippen LogP contribution in [0, 0.1) is 11.6 Å². The molecule has 24 heavy (non-hydrogen) atoms. The number of anilines is 1. The minimum Gasteiger partial charge on any atom is -0.444 e. The highest BCUT2D eigenvalue weighted by Crippen LogP contribution is 2.30. The first kappa shape index (κ1) is 18.6. The molecule has 0 radical (unpaired) electrons. The zero-order chi connectivity index (χ0) is 18.1. The zero-order valence-corrected chi connectivity index (χ0v) is 15.2. The first-order chi connectivity index (χ1) is 11.1. The standard InChI is InChI=1S/C16H19BrF2N2O3/c1-16(2,3)24-15(23)20-12-5-4-6-21(14(12)22)13-10(18)7-9(17)8-11(13)19/h7-8,12H,4-6H2,1-3H3,(H,20,23). The molecule has 1 heterocycles. The Bertz CT molecular complexity index is 638. The molecular formula is C16H19BrF2N2O3. The van der Waals surface area contributed by atoms with Crippen LogP contribution in [0.4, 0.5) is 19.3 Å². The van der Waals surface area contributed by atoms with Gasteiger partial charge < -0.3 is 15.0 Å². The molecule has 1 fully saturated rings. The van der Waals surface area contributed by atoms with Crippen molar-refractivity contribution in [2.75, 3.05) is 11.4 Å². The second kappa shape index (κ2) is 7.04. The number of piperidine rings is 1. The highest BCUT2D eigenvalue weighted by atomic mass is 79.9. The molecule has 1 saturated heterocycles. The zero-order valence-electron chi connectivity index (χ0n) is 13.7. The van der Waals surface area contributed by atoms with Crippen LogP contribution in [0.1, 0.15) is 33.6 Å². The van der Waals surface area contributed by atoms with Gasteiger partial charge in [0.25, 0.3) is 0 Å². The Morgan fingerprint density at radius 1 is 1.33 bits per heavy atom. The molecule has 0 saturated carbocycles. The summed E-state index contributed by atoms with van der Waals surface area (Å²) in [6.07, 6.45) is 0.148. The van der Waals surface area contributed by atoms with Gasteiger partial charge in [0.2, 0.25) is 5.91 Å². The smallest absolute Gasteiger partial charge is 0.408 e. The Hall–Kier alpha value is -1.70. The van der Waals surface area contributed by atoms with Gasteiger partial charge >= 0.3 is 6.09 Å². The predicted octanol–water partition coefficient (Wildman–Crippen LogP) is 3.75. The Morgan fingerprint density at radius 2 is 1.92 bits per heavy atom. The fraction of sp³-hybridized carbons (Fsp3) is 0.500. The van der Waals surface area contributed by atoms with Crippen LogP contribution in [0.2, 0.25) is 0 Å². The van der Waals surface area contributed by atoms with Crippen LogP contribution < -0.4 is 10.2 Å². The molecule has 1 aromatic carbocycles.